The SMILES string of the molecule is FC(F)(F)Sc1ccccc1OCCC1CCCCN1. The first kappa shape index (κ1) is 15.5. The minimum atomic E-state index is -4.29. The molecule has 1 aliphatic rings. The molecule has 0 aromatic heterocycles. The standard InChI is InChI=1S/C14H18F3NOS/c15-14(16,17)20-13-7-2-1-6-12(13)19-10-8-11-5-3-4-9-18-11/h1-2,6-7,11,18H,3-5,8-10H2. The van der Waals surface area contributed by atoms with Crippen LogP contribution < -0.4 is 10.1 Å². The molecule has 2 nitrogen and oxygen atoms in total. The zero-order valence-electron chi connectivity index (χ0n) is 11.1. The number of hydrogen-bond donors (Lipinski definition) is 1. The van der Waals surface area contributed by atoms with Gasteiger partial charge in [0.05, 0.1) is 11.5 Å². The van der Waals surface area contributed by atoms with Crippen molar-refractivity contribution in [3.05, 3.63) is 24.3 Å². The molecule has 0 spiro atoms. The Bertz CT molecular complexity index is 419. The molecule has 1 fully saturated rings. The Hall–Kier alpha value is -0.880. The van der Waals surface area contributed by atoms with Gasteiger partial charge in [-0.1, -0.05) is 18.6 Å². The Morgan fingerprint density at radius 3 is 2.75 bits per heavy atom. The van der Waals surface area contributed by atoms with Gasteiger partial charge < -0.3 is 10.1 Å². The highest BCUT2D eigenvalue weighted by atomic mass is 32.2. The Morgan fingerprint density at radius 2 is 2.05 bits per heavy atom. The predicted molar refractivity (Wildman–Crippen MR) is 74.1 cm³/mol. The van der Waals surface area contributed by atoms with Crippen LogP contribution in [0.1, 0.15) is 25.7 Å². The number of nitrogens with one attached hydrogen (secondary N) is 1. The van der Waals surface area contributed by atoms with Crippen LogP contribution in [0.3, 0.4) is 0 Å². The summed E-state index contributed by atoms with van der Waals surface area (Å²) in [5.74, 6) is 0.311. The van der Waals surface area contributed by atoms with Crippen molar-refractivity contribution >= 4 is 11.8 Å². The zero-order chi connectivity index (χ0) is 14.4. The summed E-state index contributed by atoms with van der Waals surface area (Å²) in [6.45, 7) is 1.46. The highest BCUT2D eigenvalue weighted by Gasteiger charge is 2.30. The van der Waals surface area contributed by atoms with Gasteiger partial charge in [0, 0.05) is 6.04 Å². The number of benzene rings is 1. The summed E-state index contributed by atoms with van der Waals surface area (Å²) in [4.78, 5) is 0.122. The number of thioether (sulfide) groups is 1. The van der Waals surface area contributed by atoms with E-state index in [1.807, 2.05) is 0 Å². The Balaban J connectivity index is 1.85. The van der Waals surface area contributed by atoms with E-state index in [-0.39, 0.29) is 16.7 Å². The molecule has 1 unspecified atom stereocenters. The van der Waals surface area contributed by atoms with Crippen LogP contribution in [0.25, 0.3) is 0 Å². The number of hydrogen-bond acceptors (Lipinski definition) is 3. The first-order valence-electron chi connectivity index (χ1n) is 6.75. The molecule has 1 saturated heterocycles. The number of alkyl halides is 3. The lowest BCUT2D eigenvalue weighted by molar-refractivity contribution is -0.0329. The summed E-state index contributed by atoms with van der Waals surface area (Å²) >= 11 is -0.127. The Labute approximate surface area is 121 Å². The van der Waals surface area contributed by atoms with Crippen molar-refractivity contribution in [3.8, 4) is 5.75 Å². The van der Waals surface area contributed by atoms with Crippen molar-refractivity contribution in [2.75, 3.05) is 13.2 Å². The van der Waals surface area contributed by atoms with Gasteiger partial charge in [-0.05, 0) is 49.7 Å². The van der Waals surface area contributed by atoms with E-state index in [0.717, 1.165) is 19.4 Å². The molecule has 6 heteroatoms. The van der Waals surface area contributed by atoms with E-state index in [1.165, 1.54) is 18.9 Å². The zero-order valence-corrected chi connectivity index (χ0v) is 11.9. The van der Waals surface area contributed by atoms with E-state index in [0.29, 0.717) is 18.4 Å². The maximum absolute atomic E-state index is 12.4. The predicted octanol–water partition coefficient (Wildman–Crippen LogP) is 4.21. The number of ether oxygens (including phenoxy) is 1. The van der Waals surface area contributed by atoms with Crippen molar-refractivity contribution in [2.24, 2.45) is 0 Å². The second kappa shape index (κ2) is 7.22. The molecule has 1 aromatic carbocycles. The van der Waals surface area contributed by atoms with Crippen molar-refractivity contribution in [1.82, 2.24) is 5.32 Å². The first-order valence-corrected chi connectivity index (χ1v) is 7.57. The first-order chi connectivity index (χ1) is 9.54. The molecule has 1 heterocycles. The van der Waals surface area contributed by atoms with Crippen LogP contribution in [0.15, 0.2) is 29.2 Å². The van der Waals surface area contributed by atoms with Gasteiger partial charge in [0.1, 0.15) is 5.75 Å². The van der Waals surface area contributed by atoms with Crippen LogP contribution in [0.4, 0.5) is 13.2 Å². The topological polar surface area (TPSA) is 21.3 Å². The quantitative estimate of drug-likeness (QED) is 0.823. The van der Waals surface area contributed by atoms with E-state index >= 15 is 0 Å². The maximum atomic E-state index is 12.4. The summed E-state index contributed by atoms with van der Waals surface area (Å²) in [7, 11) is 0. The van der Waals surface area contributed by atoms with Crippen LogP contribution >= 0.6 is 11.8 Å². The van der Waals surface area contributed by atoms with E-state index < -0.39 is 5.51 Å². The van der Waals surface area contributed by atoms with Gasteiger partial charge in [-0.15, -0.1) is 0 Å². The van der Waals surface area contributed by atoms with Crippen LogP contribution in [-0.4, -0.2) is 24.7 Å². The smallest absolute Gasteiger partial charge is 0.446 e. The molecule has 1 aromatic rings. The molecule has 0 amide bonds. The average Bonchev–Trinajstić information content (AvgIpc) is 2.40. The Kier molecular flexibility index (Phi) is 5.60. The lowest BCUT2D eigenvalue weighted by atomic mass is 10.0. The van der Waals surface area contributed by atoms with Crippen molar-refractivity contribution in [2.45, 2.75) is 42.1 Å². The van der Waals surface area contributed by atoms with Gasteiger partial charge in [-0.25, -0.2) is 0 Å². The molecular weight excluding hydrogens is 287 g/mol. The molecule has 2 rings (SSSR count). The highest BCUT2D eigenvalue weighted by molar-refractivity contribution is 8.00. The molecule has 1 N–H and O–H groups in total. The largest absolute Gasteiger partial charge is 0.492 e. The van der Waals surface area contributed by atoms with Crippen LogP contribution in [-0.2, 0) is 0 Å². The van der Waals surface area contributed by atoms with E-state index in [1.54, 1.807) is 18.2 Å². The lowest BCUT2D eigenvalue weighted by Gasteiger charge is -2.23. The molecule has 1 atom stereocenters. The van der Waals surface area contributed by atoms with Gasteiger partial charge >= 0.3 is 5.51 Å². The van der Waals surface area contributed by atoms with Crippen LogP contribution in [0.5, 0.6) is 5.75 Å². The molecule has 0 aliphatic carbocycles. The molecule has 1 aliphatic heterocycles. The second-order valence-electron chi connectivity index (χ2n) is 4.78. The monoisotopic (exact) mass is 305 g/mol. The molecule has 0 radical (unpaired) electrons. The van der Waals surface area contributed by atoms with Gasteiger partial charge in [0.25, 0.3) is 0 Å². The summed E-state index contributed by atoms with van der Waals surface area (Å²) in [5, 5.41) is 3.39. The third kappa shape index (κ3) is 5.25. The second-order valence-corrected chi connectivity index (χ2v) is 5.89. The maximum Gasteiger partial charge on any atom is 0.446 e. The summed E-state index contributed by atoms with van der Waals surface area (Å²) in [5.41, 5.74) is -4.29. The fraction of sp³-hybridized carbons (Fsp3) is 0.571. The third-order valence-corrected chi connectivity index (χ3v) is 4.00. The minimum Gasteiger partial charge on any atom is -0.492 e. The Morgan fingerprint density at radius 1 is 1.25 bits per heavy atom. The molecule has 0 saturated carbocycles. The average molecular weight is 305 g/mol. The number of rotatable bonds is 5. The van der Waals surface area contributed by atoms with Gasteiger partial charge in [0.2, 0.25) is 0 Å². The molecule has 0 bridgehead atoms. The fourth-order valence-corrected chi connectivity index (χ4v) is 2.88. The normalized spacial score (nSPS) is 19.9. The van der Waals surface area contributed by atoms with E-state index in [9.17, 15) is 13.2 Å². The van der Waals surface area contributed by atoms with Crippen molar-refractivity contribution < 1.29 is 17.9 Å². The molecule has 112 valence electrons. The highest BCUT2D eigenvalue weighted by Crippen LogP contribution is 2.41. The summed E-state index contributed by atoms with van der Waals surface area (Å²) in [6, 6.07) is 6.72. The summed E-state index contributed by atoms with van der Waals surface area (Å²) < 4.78 is 42.8. The number of para-hydroxylation sites is 1. The molecule has 20 heavy (non-hydrogen) atoms. The lowest BCUT2D eigenvalue weighted by Crippen LogP contribution is -2.35. The fourth-order valence-electron chi connectivity index (χ4n) is 2.26. The van der Waals surface area contributed by atoms with Crippen molar-refractivity contribution in [1.29, 1.82) is 0 Å². The number of halogens is 3. The van der Waals surface area contributed by atoms with Gasteiger partial charge in [-0.2, -0.15) is 13.2 Å². The van der Waals surface area contributed by atoms with Gasteiger partial charge in [-0.3, -0.25) is 0 Å². The van der Waals surface area contributed by atoms with E-state index in [2.05, 4.69) is 5.32 Å². The minimum absolute atomic E-state index is 0.122. The third-order valence-electron chi connectivity index (χ3n) is 3.21. The van der Waals surface area contributed by atoms with Crippen LogP contribution in [0, 0.1) is 0 Å². The van der Waals surface area contributed by atoms with E-state index in [4.69, 9.17) is 4.74 Å². The number of piperidine rings is 1. The van der Waals surface area contributed by atoms with Crippen molar-refractivity contribution in [3.63, 3.8) is 0 Å². The summed E-state index contributed by atoms with van der Waals surface area (Å²) in [6.07, 6.45) is 4.34. The molecular formula is C14H18F3NOS. The van der Waals surface area contributed by atoms with Gasteiger partial charge in [0.15, 0.2) is 0 Å². The van der Waals surface area contributed by atoms with Crippen LogP contribution in [0.2, 0.25) is 0 Å².